The molecule has 4 heteroatoms. The highest BCUT2D eigenvalue weighted by Crippen LogP contribution is 2.35. The van der Waals surface area contributed by atoms with E-state index >= 15 is 0 Å². The standard InChI is InChI=1S/C25H24N2O2/c1-29-20-13-11-19(12-14-20)22(15-25(26)28)23-17-27(16-18-7-3-2-4-8-18)24-10-6-5-9-21(23)24/h2-14,17,22H,15-16H2,1H3,(H2,26,28). The van der Waals surface area contributed by atoms with Gasteiger partial charge in [0.05, 0.1) is 7.11 Å². The third-order valence-corrected chi connectivity index (χ3v) is 5.31. The van der Waals surface area contributed by atoms with Crippen molar-refractivity contribution < 1.29 is 9.53 Å². The number of rotatable bonds is 7. The number of fused-ring (bicyclic) bond motifs is 1. The van der Waals surface area contributed by atoms with E-state index in [1.807, 2.05) is 42.5 Å². The van der Waals surface area contributed by atoms with Gasteiger partial charge in [-0.15, -0.1) is 0 Å². The van der Waals surface area contributed by atoms with Gasteiger partial charge in [-0.3, -0.25) is 4.79 Å². The molecule has 1 aromatic heterocycles. The molecule has 3 aromatic carbocycles. The summed E-state index contributed by atoms with van der Waals surface area (Å²) in [6, 6.07) is 26.6. The molecule has 146 valence electrons. The van der Waals surface area contributed by atoms with Gasteiger partial charge < -0.3 is 15.0 Å². The van der Waals surface area contributed by atoms with Crippen molar-refractivity contribution in [2.24, 2.45) is 5.73 Å². The van der Waals surface area contributed by atoms with Crippen molar-refractivity contribution in [1.82, 2.24) is 4.57 Å². The molecule has 0 fully saturated rings. The fourth-order valence-electron chi connectivity index (χ4n) is 3.91. The number of hydrogen-bond acceptors (Lipinski definition) is 2. The number of primary amides is 1. The highest BCUT2D eigenvalue weighted by molar-refractivity contribution is 5.86. The van der Waals surface area contributed by atoms with Gasteiger partial charge in [0.2, 0.25) is 5.91 Å². The van der Waals surface area contributed by atoms with Gasteiger partial charge >= 0.3 is 0 Å². The fraction of sp³-hybridized carbons (Fsp3) is 0.160. The third kappa shape index (κ3) is 4.02. The van der Waals surface area contributed by atoms with Crippen LogP contribution >= 0.6 is 0 Å². The zero-order valence-electron chi connectivity index (χ0n) is 16.4. The van der Waals surface area contributed by atoms with Crippen LogP contribution in [0.15, 0.2) is 85.1 Å². The Morgan fingerprint density at radius 1 is 0.966 bits per heavy atom. The van der Waals surface area contributed by atoms with E-state index in [1.165, 1.54) is 5.56 Å². The number of benzene rings is 3. The Bertz CT molecular complexity index is 1110. The first kappa shape index (κ1) is 18.8. The summed E-state index contributed by atoms with van der Waals surface area (Å²) < 4.78 is 7.53. The molecule has 4 nitrogen and oxygen atoms in total. The zero-order valence-corrected chi connectivity index (χ0v) is 16.4. The summed E-state index contributed by atoms with van der Waals surface area (Å²) in [6.45, 7) is 0.771. The minimum atomic E-state index is -0.314. The van der Waals surface area contributed by atoms with Crippen LogP contribution in [0.5, 0.6) is 5.75 Å². The Morgan fingerprint density at radius 3 is 2.34 bits per heavy atom. The molecule has 4 rings (SSSR count). The van der Waals surface area contributed by atoms with Gasteiger partial charge in [0.25, 0.3) is 0 Å². The van der Waals surface area contributed by atoms with Crippen LogP contribution in [0, 0.1) is 0 Å². The van der Waals surface area contributed by atoms with Crippen LogP contribution in [0.3, 0.4) is 0 Å². The molecule has 1 atom stereocenters. The number of aromatic nitrogens is 1. The monoisotopic (exact) mass is 384 g/mol. The maximum atomic E-state index is 11.9. The predicted molar refractivity (Wildman–Crippen MR) is 116 cm³/mol. The van der Waals surface area contributed by atoms with Gasteiger partial charge in [0.15, 0.2) is 0 Å². The topological polar surface area (TPSA) is 57.2 Å². The van der Waals surface area contributed by atoms with Gasteiger partial charge in [0.1, 0.15) is 5.75 Å². The van der Waals surface area contributed by atoms with Gasteiger partial charge in [-0.2, -0.15) is 0 Å². The summed E-state index contributed by atoms with van der Waals surface area (Å²) in [4.78, 5) is 11.9. The molecular formula is C25H24N2O2. The van der Waals surface area contributed by atoms with E-state index in [0.717, 1.165) is 34.3 Å². The van der Waals surface area contributed by atoms with Crippen molar-refractivity contribution in [3.8, 4) is 5.75 Å². The van der Waals surface area contributed by atoms with Gasteiger partial charge in [0, 0.05) is 36.0 Å². The number of carbonyl (C=O) groups excluding carboxylic acids is 1. The highest BCUT2D eigenvalue weighted by Gasteiger charge is 2.22. The average molecular weight is 384 g/mol. The molecule has 0 saturated heterocycles. The molecule has 0 radical (unpaired) electrons. The normalized spacial score (nSPS) is 12.0. The largest absolute Gasteiger partial charge is 0.497 e. The zero-order chi connectivity index (χ0) is 20.2. The smallest absolute Gasteiger partial charge is 0.218 e. The lowest BCUT2D eigenvalue weighted by molar-refractivity contribution is -0.118. The van der Waals surface area contributed by atoms with Crippen LogP contribution in [0.4, 0.5) is 0 Å². The molecule has 1 amide bonds. The molecule has 2 N–H and O–H groups in total. The minimum absolute atomic E-state index is 0.111. The fourth-order valence-corrected chi connectivity index (χ4v) is 3.91. The second kappa shape index (κ2) is 8.23. The summed E-state index contributed by atoms with van der Waals surface area (Å²) >= 11 is 0. The van der Waals surface area contributed by atoms with Gasteiger partial charge in [-0.25, -0.2) is 0 Å². The van der Waals surface area contributed by atoms with Crippen molar-refractivity contribution in [1.29, 1.82) is 0 Å². The van der Waals surface area contributed by atoms with Gasteiger partial charge in [-0.05, 0) is 34.9 Å². The Kier molecular flexibility index (Phi) is 5.34. The van der Waals surface area contributed by atoms with Crippen LogP contribution in [0.2, 0.25) is 0 Å². The van der Waals surface area contributed by atoms with Crippen LogP contribution in [0.25, 0.3) is 10.9 Å². The first-order valence-electron chi connectivity index (χ1n) is 9.69. The summed E-state index contributed by atoms with van der Waals surface area (Å²) in [5.74, 6) is 0.365. The van der Waals surface area contributed by atoms with Crippen molar-refractivity contribution in [2.45, 2.75) is 18.9 Å². The number of nitrogens with zero attached hydrogens (tertiary/aromatic N) is 1. The summed E-state index contributed by atoms with van der Waals surface area (Å²) in [7, 11) is 1.65. The number of para-hydroxylation sites is 1. The second-order valence-electron chi connectivity index (χ2n) is 7.21. The molecule has 4 aromatic rings. The Hall–Kier alpha value is -3.53. The van der Waals surface area contributed by atoms with Gasteiger partial charge in [-0.1, -0.05) is 60.7 Å². The van der Waals surface area contributed by atoms with E-state index < -0.39 is 0 Å². The average Bonchev–Trinajstić information content (AvgIpc) is 3.11. The molecule has 0 spiro atoms. The first-order chi connectivity index (χ1) is 14.2. The van der Waals surface area contributed by atoms with Crippen molar-refractivity contribution in [2.75, 3.05) is 7.11 Å². The molecule has 0 bridgehead atoms. The Morgan fingerprint density at radius 2 is 1.66 bits per heavy atom. The maximum Gasteiger partial charge on any atom is 0.218 e. The highest BCUT2D eigenvalue weighted by atomic mass is 16.5. The van der Waals surface area contributed by atoms with E-state index in [4.69, 9.17) is 10.5 Å². The quantitative estimate of drug-likeness (QED) is 0.502. The number of hydrogen-bond donors (Lipinski definition) is 1. The summed E-state index contributed by atoms with van der Waals surface area (Å²) in [5.41, 5.74) is 10.2. The lowest BCUT2D eigenvalue weighted by Crippen LogP contribution is -2.16. The maximum absolute atomic E-state index is 11.9. The molecule has 1 unspecified atom stereocenters. The number of ether oxygens (including phenoxy) is 1. The Labute approximate surface area is 170 Å². The summed E-state index contributed by atoms with van der Waals surface area (Å²) in [5, 5.41) is 1.14. The molecule has 1 heterocycles. The van der Waals surface area contributed by atoms with Crippen LogP contribution in [-0.2, 0) is 11.3 Å². The molecule has 0 aliphatic rings. The van der Waals surface area contributed by atoms with E-state index in [-0.39, 0.29) is 18.2 Å². The Balaban J connectivity index is 1.81. The first-order valence-corrected chi connectivity index (χ1v) is 9.69. The van der Waals surface area contributed by atoms with Crippen molar-refractivity contribution in [3.63, 3.8) is 0 Å². The van der Waals surface area contributed by atoms with E-state index in [0.29, 0.717) is 0 Å². The van der Waals surface area contributed by atoms with Crippen LogP contribution < -0.4 is 10.5 Å². The van der Waals surface area contributed by atoms with Crippen LogP contribution in [0.1, 0.15) is 29.0 Å². The molecule has 29 heavy (non-hydrogen) atoms. The second-order valence-corrected chi connectivity index (χ2v) is 7.21. The number of amides is 1. The number of nitrogens with two attached hydrogens (primary N) is 1. The molecule has 0 aliphatic heterocycles. The van der Waals surface area contributed by atoms with E-state index in [2.05, 4.69) is 47.2 Å². The predicted octanol–water partition coefficient (Wildman–Crippen LogP) is 4.71. The van der Waals surface area contributed by atoms with E-state index in [1.54, 1.807) is 7.11 Å². The van der Waals surface area contributed by atoms with Crippen LogP contribution in [-0.4, -0.2) is 17.6 Å². The number of carbonyl (C=O) groups is 1. The van der Waals surface area contributed by atoms with Crippen molar-refractivity contribution >= 4 is 16.8 Å². The molecule has 0 aliphatic carbocycles. The molecule has 0 saturated carbocycles. The van der Waals surface area contributed by atoms with Crippen molar-refractivity contribution in [3.05, 3.63) is 102 Å². The minimum Gasteiger partial charge on any atom is -0.497 e. The number of methoxy groups -OCH3 is 1. The lowest BCUT2D eigenvalue weighted by atomic mass is 9.88. The van der Waals surface area contributed by atoms with E-state index in [9.17, 15) is 4.79 Å². The molecular weight excluding hydrogens is 360 g/mol. The summed E-state index contributed by atoms with van der Waals surface area (Å²) in [6.07, 6.45) is 2.42. The SMILES string of the molecule is COc1ccc(C(CC(N)=O)c2cn(Cc3ccccc3)c3ccccc23)cc1. The lowest BCUT2D eigenvalue weighted by Gasteiger charge is -2.16. The third-order valence-electron chi connectivity index (χ3n) is 5.31.